The fraction of sp³-hybridized carbons (Fsp3) is 0.0769. The maximum atomic E-state index is 11.8. The van der Waals surface area contributed by atoms with E-state index in [1.807, 2.05) is 31.2 Å². The molecule has 0 aliphatic rings. The molecular formula is C13H12ClN3O. The van der Waals surface area contributed by atoms with Crippen molar-refractivity contribution >= 4 is 29.0 Å². The SMILES string of the molecule is Cc1ccccc1NC(=O)Nc1ccnc(Cl)c1. The van der Waals surface area contributed by atoms with Crippen molar-refractivity contribution in [3.8, 4) is 0 Å². The molecule has 0 unspecified atom stereocenters. The van der Waals surface area contributed by atoms with Gasteiger partial charge in [-0.05, 0) is 30.7 Å². The van der Waals surface area contributed by atoms with Crippen molar-refractivity contribution in [2.24, 2.45) is 0 Å². The van der Waals surface area contributed by atoms with E-state index < -0.39 is 0 Å². The zero-order chi connectivity index (χ0) is 13.0. The van der Waals surface area contributed by atoms with Crippen LogP contribution < -0.4 is 10.6 Å². The molecule has 0 saturated carbocycles. The number of halogens is 1. The highest BCUT2D eigenvalue weighted by molar-refractivity contribution is 6.29. The monoisotopic (exact) mass is 261 g/mol. The van der Waals surface area contributed by atoms with Gasteiger partial charge in [-0.2, -0.15) is 0 Å². The first-order chi connectivity index (χ1) is 8.65. The molecule has 18 heavy (non-hydrogen) atoms. The molecule has 0 fully saturated rings. The molecule has 0 aliphatic carbocycles. The minimum absolute atomic E-state index is 0.313. The van der Waals surface area contributed by atoms with Gasteiger partial charge in [0, 0.05) is 17.6 Å². The van der Waals surface area contributed by atoms with E-state index >= 15 is 0 Å². The van der Waals surface area contributed by atoms with Crippen LogP contribution in [0.2, 0.25) is 5.15 Å². The molecule has 0 saturated heterocycles. The normalized spacial score (nSPS) is 9.89. The Hall–Kier alpha value is -2.07. The molecule has 1 aromatic carbocycles. The highest BCUT2D eigenvalue weighted by Crippen LogP contribution is 2.15. The molecule has 92 valence electrons. The van der Waals surface area contributed by atoms with E-state index in [0.717, 1.165) is 11.3 Å². The lowest BCUT2D eigenvalue weighted by molar-refractivity contribution is 0.262. The fourth-order valence-electron chi connectivity index (χ4n) is 1.48. The van der Waals surface area contributed by atoms with Gasteiger partial charge in [-0.3, -0.25) is 0 Å². The lowest BCUT2D eigenvalue weighted by atomic mass is 10.2. The average molecular weight is 262 g/mol. The second kappa shape index (κ2) is 5.51. The van der Waals surface area contributed by atoms with E-state index in [4.69, 9.17) is 11.6 Å². The van der Waals surface area contributed by atoms with Crippen molar-refractivity contribution in [1.29, 1.82) is 0 Å². The molecule has 1 heterocycles. The summed E-state index contributed by atoms with van der Waals surface area (Å²) in [6, 6.07) is 10.5. The second-order valence-electron chi connectivity index (χ2n) is 3.76. The molecule has 2 N–H and O–H groups in total. The van der Waals surface area contributed by atoms with E-state index in [9.17, 15) is 4.79 Å². The van der Waals surface area contributed by atoms with Crippen molar-refractivity contribution in [2.75, 3.05) is 10.6 Å². The average Bonchev–Trinajstić information content (AvgIpc) is 2.32. The Morgan fingerprint density at radius 1 is 1.22 bits per heavy atom. The number of hydrogen-bond donors (Lipinski definition) is 2. The maximum absolute atomic E-state index is 11.8. The smallest absolute Gasteiger partial charge is 0.308 e. The van der Waals surface area contributed by atoms with Crippen LogP contribution in [-0.2, 0) is 0 Å². The molecule has 0 radical (unpaired) electrons. The van der Waals surface area contributed by atoms with E-state index in [2.05, 4.69) is 15.6 Å². The Bertz CT molecular complexity index is 572. The number of pyridine rings is 1. The summed E-state index contributed by atoms with van der Waals surface area (Å²) in [4.78, 5) is 15.6. The third-order valence-corrected chi connectivity index (χ3v) is 2.58. The number of benzene rings is 1. The highest BCUT2D eigenvalue weighted by atomic mass is 35.5. The van der Waals surface area contributed by atoms with Gasteiger partial charge in [0.2, 0.25) is 0 Å². The number of carbonyl (C=O) groups excluding carboxylic acids is 1. The molecular weight excluding hydrogens is 250 g/mol. The predicted octanol–water partition coefficient (Wildman–Crippen LogP) is 3.69. The Morgan fingerprint density at radius 2 is 2.00 bits per heavy atom. The van der Waals surface area contributed by atoms with Gasteiger partial charge in [-0.15, -0.1) is 0 Å². The second-order valence-corrected chi connectivity index (χ2v) is 4.15. The minimum Gasteiger partial charge on any atom is -0.308 e. The van der Waals surface area contributed by atoms with Crippen LogP contribution in [0.4, 0.5) is 16.2 Å². The zero-order valence-electron chi connectivity index (χ0n) is 9.77. The minimum atomic E-state index is -0.313. The number of amides is 2. The van der Waals surface area contributed by atoms with Crippen LogP contribution in [0.5, 0.6) is 0 Å². The Labute approximate surface area is 110 Å². The summed E-state index contributed by atoms with van der Waals surface area (Å²) in [5, 5.41) is 5.79. The Balaban J connectivity index is 2.03. The first-order valence-electron chi connectivity index (χ1n) is 5.40. The number of aromatic nitrogens is 1. The molecule has 4 nitrogen and oxygen atoms in total. The number of nitrogens with one attached hydrogen (secondary N) is 2. The molecule has 2 amide bonds. The molecule has 0 atom stereocenters. The summed E-state index contributed by atoms with van der Waals surface area (Å²) in [7, 11) is 0. The third-order valence-electron chi connectivity index (χ3n) is 2.38. The van der Waals surface area contributed by atoms with Gasteiger partial charge in [-0.1, -0.05) is 29.8 Å². The summed E-state index contributed by atoms with van der Waals surface area (Å²) in [6.45, 7) is 1.93. The molecule has 2 rings (SSSR count). The first kappa shape index (κ1) is 12.4. The summed E-state index contributed by atoms with van der Waals surface area (Å²) in [6.07, 6.45) is 1.53. The molecule has 1 aromatic heterocycles. The van der Waals surface area contributed by atoms with Crippen LogP contribution in [0, 0.1) is 6.92 Å². The van der Waals surface area contributed by atoms with Crippen LogP contribution in [0.3, 0.4) is 0 Å². The van der Waals surface area contributed by atoms with E-state index in [1.54, 1.807) is 12.1 Å². The van der Waals surface area contributed by atoms with E-state index in [-0.39, 0.29) is 6.03 Å². The van der Waals surface area contributed by atoms with Gasteiger partial charge in [0.15, 0.2) is 0 Å². The quantitative estimate of drug-likeness (QED) is 0.810. The van der Waals surface area contributed by atoms with Gasteiger partial charge in [0.05, 0.1) is 0 Å². The lowest BCUT2D eigenvalue weighted by Crippen LogP contribution is -2.19. The summed E-state index contributed by atoms with van der Waals surface area (Å²) in [5.74, 6) is 0. The molecule has 0 bridgehead atoms. The first-order valence-corrected chi connectivity index (χ1v) is 5.78. The van der Waals surface area contributed by atoms with Gasteiger partial charge < -0.3 is 10.6 Å². The zero-order valence-corrected chi connectivity index (χ0v) is 10.5. The van der Waals surface area contributed by atoms with Crippen LogP contribution in [0.25, 0.3) is 0 Å². The van der Waals surface area contributed by atoms with Crippen LogP contribution in [0.1, 0.15) is 5.56 Å². The van der Waals surface area contributed by atoms with Gasteiger partial charge in [0.1, 0.15) is 5.15 Å². The molecule has 5 heteroatoms. The summed E-state index contributed by atoms with van der Waals surface area (Å²) < 4.78 is 0. The van der Waals surface area contributed by atoms with E-state index in [1.165, 1.54) is 6.20 Å². The number of carbonyl (C=O) groups is 1. The fourth-order valence-corrected chi connectivity index (χ4v) is 1.65. The van der Waals surface area contributed by atoms with Crippen LogP contribution in [0.15, 0.2) is 42.6 Å². The van der Waals surface area contributed by atoms with Crippen molar-refractivity contribution < 1.29 is 4.79 Å². The van der Waals surface area contributed by atoms with Crippen molar-refractivity contribution in [3.63, 3.8) is 0 Å². The highest BCUT2D eigenvalue weighted by Gasteiger charge is 2.04. The number of anilines is 2. The predicted molar refractivity (Wildman–Crippen MR) is 73.1 cm³/mol. The standard InChI is InChI=1S/C13H12ClN3O/c1-9-4-2-3-5-11(9)17-13(18)16-10-6-7-15-12(14)8-10/h2-8H,1H3,(H2,15,16,17,18). The number of rotatable bonds is 2. The van der Waals surface area contributed by atoms with Gasteiger partial charge >= 0.3 is 6.03 Å². The summed E-state index contributed by atoms with van der Waals surface area (Å²) in [5.41, 5.74) is 2.37. The van der Waals surface area contributed by atoms with Gasteiger partial charge in [-0.25, -0.2) is 9.78 Å². The number of hydrogen-bond acceptors (Lipinski definition) is 2. The number of urea groups is 1. The third kappa shape index (κ3) is 3.21. The number of para-hydroxylation sites is 1. The van der Waals surface area contributed by atoms with Crippen molar-refractivity contribution in [2.45, 2.75) is 6.92 Å². The number of aryl methyl sites for hydroxylation is 1. The largest absolute Gasteiger partial charge is 0.323 e. The topological polar surface area (TPSA) is 54.0 Å². The Kier molecular flexibility index (Phi) is 3.79. The Morgan fingerprint density at radius 3 is 2.72 bits per heavy atom. The summed E-state index contributed by atoms with van der Waals surface area (Å²) >= 11 is 5.73. The molecule has 0 spiro atoms. The maximum Gasteiger partial charge on any atom is 0.323 e. The van der Waals surface area contributed by atoms with Gasteiger partial charge in [0.25, 0.3) is 0 Å². The van der Waals surface area contributed by atoms with Crippen molar-refractivity contribution in [3.05, 3.63) is 53.3 Å². The van der Waals surface area contributed by atoms with E-state index in [0.29, 0.717) is 10.8 Å². The van der Waals surface area contributed by atoms with Crippen molar-refractivity contribution in [1.82, 2.24) is 4.98 Å². The molecule has 2 aromatic rings. The lowest BCUT2D eigenvalue weighted by Gasteiger charge is -2.09. The van der Waals surface area contributed by atoms with Crippen LogP contribution >= 0.6 is 11.6 Å². The number of nitrogens with zero attached hydrogens (tertiary/aromatic N) is 1. The van der Waals surface area contributed by atoms with Crippen LogP contribution in [-0.4, -0.2) is 11.0 Å². The molecule has 0 aliphatic heterocycles.